The molecular weight excluding hydrogens is 463 g/mol. The number of esters is 2. The predicted molar refractivity (Wildman–Crippen MR) is 135 cm³/mol. The van der Waals surface area contributed by atoms with Gasteiger partial charge in [-0.05, 0) is 29.5 Å². The maximum Gasteiger partial charge on any atom is 0.309 e. The Kier molecular flexibility index (Phi) is 10.3. The molecule has 7 heteroatoms. The van der Waals surface area contributed by atoms with Crippen molar-refractivity contribution >= 4 is 19.3 Å². The van der Waals surface area contributed by atoms with Crippen molar-refractivity contribution in [3.05, 3.63) is 108 Å². The molecule has 3 rings (SSSR count). The molecule has 3 aromatic carbocycles. The molecule has 1 N–H and O–H groups in total. The van der Waals surface area contributed by atoms with Gasteiger partial charge in [-0.3, -0.25) is 14.2 Å². The van der Waals surface area contributed by atoms with Gasteiger partial charge in [-0.25, -0.2) is 0 Å². The Balaban J connectivity index is 1.58. The highest BCUT2D eigenvalue weighted by molar-refractivity contribution is 7.58. The summed E-state index contributed by atoms with van der Waals surface area (Å²) in [5, 5.41) is 0. The van der Waals surface area contributed by atoms with E-state index in [9.17, 15) is 19.0 Å². The summed E-state index contributed by atoms with van der Waals surface area (Å²) in [5.74, 6) is -1.93. The number of ether oxygens (including phenoxy) is 2. The molecule has 2 unspecified atom stereocenters. The molecule has 0 saturated carbocycles. The average Bonchev–Trinajstić information content (AvgIpc) is 2.89. The molecule has 0 aromatic heterocycles. The monoisotopic (exact) mass is 494 g/mol. The highest BCUT2D eigenvalue weighted by atomic mass is 31.2. The van der Waals surface area contributed by atoms with Gasteiger partial charge in [-0.2, -0.15) is 0 Å². The number of rotatable bonds is 13. The van der Waals surface area contributed by atoms with Gasteiger partial charge in [0.2, 0.25) is 7.37 Å². The third-order valence-electron chi connectivity index (χ3n) is 5.60. The summed E-state index contributed by atoms with van der Waals surface area (Å²) in [6.07, 6.45) is 0.282. The van der Waals surface area contributed by atoms with Crippen LogP contribution in [0, 0.1) is 5.92 Å². The third-order valence-corrected chi connectivity index (χ3v) is 7.53. The zero-order valence-corrected chi connectivity index (χ0v) is 20.5. The topological polar surface area (TPSA) is 89.9 Å². The normalized spacial score (nSPS) is 13.4. The van der Waals surface area contributed by atoms with E-state index in [1.54, 1.807) is 0 Å². The average molecular weight is 495 g/mol. The Morgan fingerprint density at radius 3 is 1.77 bits per heavy atom. The Hall–Kier alpha value is -3.21. The number of aryl methyl sites for hydroxylation is 1. The summed E-state index contributed by atoms with van der Waals surface area (Å²) in [6.45, 7) is 0.201. The van der Waals surface area contributed by atoms with E-state index in [-0.39, 0.29) is 38.4 Å². The van der Waals surface area contributed by atoms with E-state index < -0.39 is 25.2 Å². The molecule has 2 atom stereocenters. The largest absolute Gasteiger partial charge is 0.461 e. The minimum Gasteiger partial charge on any atom is -0.461 e. The molecule has 0 amide bonds. The number of carbonyl (C=O) groups is 2. The maximum absolute atomic E-state index is 13.0. The Labute approximate surface area is 206 Å². The number of hydrogen-bond donors (Lipinski definition) is 1. The van der Waals surface area contributed by atoms with Crippen LogP contribution < -0.4 is 0 Å². The van der Waals surface area contributed by atoms with Crippen LogP contribution in [0.15, 0.2) is 91.0 Å². The van der Waals surface area contributed by atoms with Gasteiger partial charge >= 0.3 is 11.9 Å². The lowest BCUT2D eigenvalue weighted by Crippen LogP contribution is -2.23. The second kappa shape index (κ2) is 13.6. The molecule has 0 heterocycles. The second-order valence-electron chi connectivity index (χ2n) is 8.46. The van der Waals surface area contributed by atoms with Crippen LogP contribution in [-0.2, 0) is 43.3 Å². The lowest BCUT2D eigenvalue weighted by molar-refractivity contribution is -0.150. The fourth-order valence-corrected chi connectivity index (χ4v) is 5.43. The van der Waals surface area contributed by atoms with E-state index in [2.05, 4.69) is 0 Å². The first-order chi connectivity index (χ1) is 16.9. The van der Waals surface area contributed by atoms with E-state index in [0.717, 1.165) is 16.7 Å². The molecule has 0 saturated heterocycles. The smallest absolute Gasteiger partial charge is 0.309 e. The van der Waals surface area contributed by atoms with Gasteiger partial charge in [-0.15, -0.1) is 0 Å². The fraction of sp³-hybridized carbons (Fsp3) is 0.286. The molecule has 0 spiro atoms. The van der Waals surface area contributed by atoms with Gasteiger partial charge in [0.15, 0.2) is 0 Å². The van der Waals surface area contributed by atoms with Crippen molar-refractivity contribution < 1.29 is 28.5 Å². The van der Waals surface area contributed by atoms with E-state index >= 15 is 0 Å². The first-order valence-electron chi connectivity index (χ1n) is 11.7. The molecule has 0 radical (unpaired) electrons. The first kappa shape index (κ1) is 26.4. The van der Waals surface area contributed by atoms with Crippen LogP contribution in [0.4, 0.5) is 0 Å². The summed E-state index contributed by atoms with van der Waals surface area (Å²) >= 11 is 0. The molecule has 0 aliphatic carbocycles. The standard InChI is InChI=1S/C28H31O6P/c29-27(33-20-24-12-6-2-7-13-24)17-16-26(28(30)34-21-25-14-8-3-9-15-25)22-35(31,32)19-18-23-10-4-1-5-11-23/h1-15,26H,16-22H2,(H,31,32). The fourth-order valence-electron chi connectivity index (χ4n) is 3.62. The molecule has 35 heavy (non-hydrogen) atoms. The Morgan fingerprint density at radius 1 is 0.743 bits per heavy atom. The van der Waals surface area contributed by atoms with Crippen LogP contribution in [0.5, 0.6) is 0 Å². The SMILES string of the molecule is O=C(CCC(CP(=O)(O)CCc1ccccc1)C(=O)OCc1ccccc1)OCc1ccccc1. The van der Waals surface area contributed by atoms with E-state index in [1.165, 1.54) is 0 Å². The van der Waals surface area contributed by atoms with Crippen LogP contribution in [-0.4, -0.2) is 29.2 Å². The van der Waals surface area contributed by atoms with Crippen LogP contribution in [0.25, 0.3) is 0 Å². The minimum atomic E-state index is -3.64. The summed E-state index contributed by atoms with van der Waals surface area (Å²) in [4.78, 5) is 35.8. The first-order valence-corrected chi connectivity index (χ1v) is 13.7. The highest BCUT2D eigenvalue weighted by Crippen LogP contribution is 2.44. The quantitative estimate of drug-likeness (QED) is 0.253. The van der Waals surface area contributed by atoms with Gasteiger partial charge in [-0.1, -0.05) is 91.0 Å². The van der Waals surface area contributed by atoms with Gasteiger partial charge in [0.25, 0.3) is 0 Å². The van der Waals surface area contributed by atoms with Crippen molar-refractivity contribution in [2.75, 3.05) is 12.3 Å². The summed E-state index contributed by atoms with van der Waals surface area (Å²) < 4.78 is 23.7. The van der Waals surface area contributed by atoms with Crippen LogP contribution in [0.1, 0.15) is 29.5 Å². The lowest BCUT2D eigenvalue weighted by Gasteiger charge is -2.19. The molecule has 0 bridgehead atoms. The summed E-state index contributed by atoms with van der Waals surface area (Å²) in [7, 11) is -3.64. The highest BCUT2D eigenvalue weighted by Gasteiger charge is 2.30. The van der Waals surface area contributed by atoms with Crippen LogP contribution in [0.2, 0.25) is 0 Å². The molecule has 0 fully saturated rings. The number of carbonyl (C=O) groups excluding carboxylic acids is 2. The summed E-state index contributed by atoms with van der Waals surface area (Å²) in [6, 6.07) is 27.9. The summed E-state index contributed by atoms with van der Waals surface area (Å²) in [5.41, 5.74) is 2.63. The lowest BCUT2D eigenvalue weighted by atomic mass is 10.1. The number of hydrogen-bond acceptors (Lipinski definition) is 5. The maximum atomic E-state index is 13.0. The van der Waals surface area contributed by atoms with Crippen molar-refractivity contribution in [3.63, 3.8) is 0 Å². The van der Waals surface area contributed by atoms with Crippen molar-refractivity contribution in [3.8, 4) is 0 Å². The van der Waals surface area contributed by atoms with Gasteiger partial charge in [0.1, 0.15) is 13.2 Å². The minimum absolute atomic E-state index is 0.0450. The molecular formula is C28H31O6P. The van der Waals surface area contributed by atoms with Crippen molar-refractivity contribution in [2.45, 2.75) is 32.5 Å². The van der Waals surface area contributed by atoms with E-state index in [4.69, 9.17) is 9.47 Å². The molecule has 184 valence electrons. The molecule has 6 nitrogen and oxygen atoms in total. The Bertz CT molecular complexity index is 1100. The number of benzene rings is 3. The zero-order chi connectivity index (χ0) is 24.9. The van der Waals surface area contributed by atoms with Crippen molar-refractivity contribution in [1.29, 1.82) is 0 Å². The predicted octanol–water partition coefficient (Wildman–Crippen LogP) is 5.38. The van der Waals surface area contributed by atoms with Crippen molar-refractivity contribution in [2.24, 2.45) is 5.92 Å². The van der Waals surface area contributed by atoms with Gasteiger partial charge in [0, 0.05) is 18.7 Å². The molecule has 3 aromatic rings. The van der Waals surface area contributed by atoms with E-state index in [1.807, 2.05) is 91.0 Å². The molecule has 0 aliphatic heterocycles. The second-order valence-corrected chi connectivity index (χ2v) is 11.0. The van der Waals surface area contributed by atoms with Gasteiger partial charge < -0.3 is 14.4 Å². The zero-order valence-electron chi connectivity index (χ0n) is 19.6. The van der Waals surface area contributed by atoms with Crippen LogP contribution >= 0.6 is 7.37 Å². The van der Waals surface area contributed by atoms with Crippen LogP contribution in [0.3, 0.4) is 0 Å². The van der Waals surface area contributed by atoms with Gasteiger partial charge in [0.05, 0.1) is 5.92 Å². The molecule has 0 aliphatic rings. The van der Waals surface area contributed by atoms with Crippen molar-refractivity contribution in [1.82, 2.24) is 0 Å². The Morgan fingerprint density at radius 2 is 1.23 bits per heavy atom. The third kappa shape index (κ3) is 9.89. The van der Waals surface area contributed by atoms with E-state index in [0.29, 0.717) is 6.42 Å².